The molecule has 1 unspecified atom stereocenters. The SMILES string of the molecule is Nc1nc(NCC2NCCc3ccccc32)nc2ccccc12. The fraction of sp³-hybridized carbons (Fsp3) is 0.222. The van der Waals surface area contributed by atoms with Crippen LogP contribution in [-0.4, -0.2) is 23.1 Å². The molecule has 4 rings (SSSR count). The standard InChI is InChI=1S/C18H19N5/c19-17-14-7-3-4-8-15(14)22-18(23-17)21-11-16-13-6-2-1-5-12(13)9-10-20-16/h1-8,16,20H,9-11H2,(H3,19,21,22,23). The van der Waals surface area contributed by atoms with E-state index < -0.39 is 0 Å². The highest BCUT2D eigenvalue weighted by Crippen LogP contribution is 2.23. The van der Waals surface area contributed by atoms with Gasteiger partial charge < -0.3 is 16.4 Å². The van der Waals surface area contributed by atoms with Crippen molar-refractivity contribution in [3.05, 3.63) is 59.7 Å². The van der Waals surface area contributed by atoms with Crippen LogP contribution in [0.3, 0.4) is 0 Å². The fourth-order valence-corrected chi connectivity index (χ4v) is 3.15. The number of nitrogens with two attached hydrogens (primary N) is 1. The number of hydrogen-bond donors (Lipinski definition) is 3. The molecule has 0 amide bonds. The van der Waals surface area contributed by atoms with E-state index in [0.29, 0.717) is 11.8 Å². The van der Waals surface area contributed by atoms with Gasteiger partial charge in [0.1, 0.15) is 5.82 Å². The Balaban J connectivity index is 1.56. The summed E-state index contributed by atoms with van der Waals surface area (Å²) in [6.07, 6.45) is 1.08. The zero-order valence-corrected chi connectivity index (χ0v) is 12.8. The van der Waals surface area contributed by atoms with Gasteiger partial charge in [0.05, 0.1) is 5.52 Å². The highest BCUT2D eigenvalue weighted by molar-refractivity contribution is 5.88. The number of hydrogen-bond acceptors (Lipinski definition) is 5. The van der Waals surface area contributed by atoms with E-state index >= 15 is 0 Å². The van der Waals surface area contributed by atoms with Crippen LogP contribution in [-0.2, 0) is 6.42 Å². The first-order valence-corrected chi connectivity index (χ1v) is 7.88. The number of benzene rings is 2. The summed E-state index contributed by atoms with van der Waals surface area (Å²) >= 11 is 0. The number of anilines is 2. The molecule has 0 saturated heterocycles. The lowest BCUT2D eigenvalue weighted by molar-refractivity contribution is 0.522. The molecule has 1 atom stereocenters. The highest BCUT2D eigenvalue weighted by atomic mass is 15.1. The summed E-state index contributed by atoms with van der Waals surface area (Å²) in [5.74, 6) is 1.08. The first-order valence-electron chi connectivity index (χ1n) is 7.88. The molecule has 0 saturated carbocycles. The van der Waals surface area contributed by atoms with E-state index in [9.17, 15) is 0 Å². The summed E-state index contributed by atoms with van der Waals surface area (Å²) < 4.78 is 0. The lowest BCUT2D eigenvalue weighted by Gasteiger charge is -2.27. The first kappa shape index (κ1) is 14.0. The van der Waals surface area contributed by atoms with Crippen molar-refractivity contribution in [2.24, 2.45) is 0 Å². The largest absolute Gasteiger partial charge is 0.383 e. The van der Waals surface area contributed by atoms with Gasteiger partial charge in [-0.3, -0.25) is 0 Å². The Hall–Kier alpha value is -2.66. The van der Waals surface area contributed by atoms with Gasteiger partial charge in [0.2, 0.25) is 5.95 Å². The number of nitrogens with one attached hydrogen (secondary N) is 2. The summed E-state index contributed by atoms with van der Waals surface area (Å²) in [7, 11) is 0. The van der Waals surface area contributed by atoms with Crippen LogP contribution in [0.2, 0.25) is 0 Å². The molecule has 3 aromatic rings. The van der Waals surface area contributed by atoms with Crippen LogP contribution < -0.4 is 16.4 Å². The maximum absolute atomic E-state index is 6.04. The molecule has 2 heterocycles. The van der Waals surface area contributed by atoms with Gasteiger partial charge in [0.25, 0.3) is 0 Å². The van der Waals surface area contributed by atoms with E-state index in [4.69, 9.17) is 5.73 Å². The molecule has 0 bridgehead atoms. The molecule has 5 nitrogen and oxygen atoms in total. The third-order valence-corrected chi connectivity index (χ3v) is 4.31. The topological polar surface area (TPSA) is 75.9 Å². The van der Waals surface area contributed by atoms with Gasteiger partial charge in [-0.15, -0.1) is 0 Å². The van der Waals surface area contributed by atoms with E-state index in [1.807, 2.05) is 24.3 Å². The number of rotatable bonds is 3. The number of nitrogens with zero attached hydrogens (tertiary/aromatic N) is 2. The van der Waals surface area contributed by atoms with Gasteiger partial charge >= 0.3 is 0 Å². The zero-order chi connectivity index (χ0) is 15.6. The Labute approximate surface area is 135 Å². The lowest BCUT2D eigenvalue weighted by Crippen LogP contribution is -2.34. The lowest BCUT2D eigenvalue weighted by atomic mass is 9.94. The van der Waals surface area contributed by atoms with Crippen LogP contribution in [0.1, 0.15) is 17.2 Å². The number of fused-ring (bicyclic) bond motifs is 2. The van der Waals surface area contributed by atoms with E-state index in [-0.39, 0.29) is 6.04 Å². The van der Waals surface area contributed by atoms with Gasteiger partial charge in [-0.2, -0.15) is 4.98 Å². The molecular weight excluding hydrogens is 286 g/mol. The van der Waals surface area contributed by atoms with Gasteiger partial charge in [-0.25, -0.2) is 4.98 Å². The second kappa shape index (κ2) is 5.85. The second-order valence-electron chi connectivity index (χ2n) is 5.79. The van der Waals surface area contributed by atoms with Crippen LogP contribution in [0.25, 0.3) is 10.9 Å². The van der Waals surface area contributed by atoms with Crippen molar-refractivity contribution in [3.63, 3.8) is 0 Å². The van der Waals surface area contributed by atoms with Crippen molar-refractivity contribution in [1.82, 2.24) is 15.3 Å². The normalized spacial score (nSPS) is 17.0. The van der Waals surface area contributed by atoms with Crippen LogP contribution in [0.4, 0.5) is 11.8 Å². The Kier molecular flexibility index (Phi) is 3.55. The van der Waals surface area contributed by atoms with Crippen molar-refractivity contribution in [2.45, 2.75) is 12.5 Å². The Morgan fingerprint density at radius 3 is 2.87 bits per heavy atom. The molecule has 1 aliphatic rings. The third kappa shape index (κ3) is 2.71. The predicted octanol–water partition coefficient (Wildman–Crippen LogP) is 2.51. The van der Waals surface area contributed by atoms with Crippen molar-refractivity contribution in [2.75, 3.05) is 24.1 Å². The number of aromatic nitrogens is 2. The molecule has 0 radical (unpaired) electrons. The maximum atomic E-state index is 6.04. The quantitative estimate of drug-likeness (QED) is 0.693. The monoisotopic (exact) mass is 305 g/mol. The molecule has 0 fully saturated rings. The molecule has 4 N–H and O–H groups in total. The second-order valence-corrected chi connectivity index (χ2v) is 5.79. The molecule has 5 heteroatoms. The first-order chi connectivity index (χ1) is 11.3. The minimum Gasteiger partial charge on any atom is -0.383 e. The summed E-state index contributed by atoms with van der Waals surface area (Å²) in [5.41, 5.74) is 9.66. The summed E-state index contributed by atoms with van der Waals surface area (Å²) in [5, 5.41) is 7.76. The molecule has 0 aliphatic carbocycles. The van der Waals surface area contributed by atoms with Crippen molar-refractivity contribution >= 4 is 22.7 Å². The maximum Gasteiger partial charge on any atom is 0.225 e. The van der Waals surface area contributed by atoms with Gasteiger partial charge in [-0.1, -0.05) is 36.4 Å². The molecular formula is C18H19N5. The summed E-state index contributed by atoms with van der Waals surface area (Å²) in [6, 6.07) is 16.6. The molecule has 2 aromatic carbocycles. The molecule has 1 aliphatic heterocycles. The van der Waals surface area contributed by atoms with Gasteiger partial charge in [-0.05, 0) is 36.2 Å². The summed E-state index contributed by atoms with van der Waals surface area (Å²) in [6.45, 7) is 1.72. The molecule has 23 heavy (non-hydrogen) atoms. The average Bonchev–Trinajstić information content (AvgIpc) is 2.60. The van der Waals surface area contributed by atoms with Crippen molar-refractivity contribution in [3.8, 4) is 0 Å². The number of para-hydroxylation sites is 1. The Morgan fingerprint density at radius 1 is 1.09 bits per heavy atom. The molecule has 1 aromatic heterocycles. The Bertz CT molecular complexity index is 846. The predicted molar refractivity (Wildman–Crippen MR) is 93.3 cm³/mol. The molecule has 0 spiro atoms. The minimum absolute atomic E-state index is 0.260. The molecule has 116 valence electrons. The minimum atomic E-state index is 0.260. The van der Waals surface area contributed by atoms with Gasteiger partial charge in [0, 0.05) is 18.0 Å². The highest BCUT2D eigenvalue weighted by Gasteiger charge is 2.19. The van der Waals surface area contributed by atoms with E-state index in [1.165, 1.54) is 11.1 Å². The smallest absolute Gasteiger partial charge is 0.225 e. The van der Waals surface area contributed by atoms with Crippen LogP contribution in [0, 0.1) is 0 Å². The fourth-order valence-electron chi connectivity index (χ4n) is 3.15. The van der Waals surface area contributed by atoms with E-state index in [1.54, 1.807) is 0 Å². The van der Waals surface area contributed by atoms with E-state index in [2.05, 4.69) is 44.9 Å². The van der Waals surface area contributed by atoms with Crippen LogP contribution in [0.5, 0.6) is 0 Å². The van der Waals surface area contributed by atoms with E-state index in [0.717, 1.165) is 30.4 Å². The number of nitrogen functional groups attached to an aromatic ring is 1. The van der Waals surface area contributed by atoms with Crippen molar-refractivity contribution < 1.29 is 0 Å². The van der Waals surface area contributed by atoms with Gasteiger partial charge in [0.15, 0.2) is 0 Å². The Morgan fingerprint density at radius 2 is 1.91 bits per heavy atom. The van der Waals surface area contributed by atoms with Crippen LogP contribution >= 0.6 is 0 Å². The average molecular weight is 305 g/mol. The third-order valence-electron chi connectivity index (χ3n) is 4.31. The summed E-state index contributed by atoms with van der Waals surface area (Å²) in [4.78, 5) is 8.92. The van der Waals surface area contributed by atoms with Crippen molar-refractivity contribution in [1.29, 1.82) is 0 Å². The van der Waals surface area contributed by atoms with Crippen LogP contribution in [0.15, 0.2) is 48.5 Å². The zero-order valence-electron chi connectivity index (χ0n) is 12.8.